The molecule has 3 aliphatic heterocycles. The van der Waals surface area contributed by atoms with Crippen molar-refractivity contribution in [3.8, 4) is 0 Å². The lowest BCUT2D eigenvalue weighted by Gasteiger charge is -2.41. The van der Waals surface area contributed by atoms with Crippen LogP contribution in [0, 0.1) is 31.5 Å². The van der Waals surface area contributed by atoms with Gasteiger partial charge in [0.2, 0.25) is 0 Å². The highest BCUT2D eigenvalue weighted by molar-refractivity contribution is 5.92. The van der Waals surface area contributed by atoms with Crippen molar-refractivity contribution < 1.29 is 49.7 Å². The molecule has 0 spiro atoms. The van der Waals surface area contributed by atoms with Gasteiger partial charge in [-0.15, -0.1) is 0 Å². The number of carbonyl (C=O) groups excluding carboxylic acids is 1. The van der Waals surface area contributed by atoms with E-state index >= 15 is 0 Å². The first kappa shape index (κ1) is 30.5. The summed E-state index contributed by atoms with van der Waals surface area (Å²) in [7, 11) is 0. The number of benzene rings is 2. The Morgan fingerprint density at radius 3 is 2.21 bits per heavy atom. The molecule has 5 rings (SSSR count). The SMILES string of the molecule is Cc1cc([C@@H]2[C@@H](O[C@H](C)c3cc(C(F)(F)F)cc(C(F)(F)F)c3)OC[C@@H]3CN(C4=CC(=O)COC4)C[C@H]32)c(C)cc1F. The van der Waals surface area contributed by atoms with Crippen molar-refractivity contribution in [2.24, 2.45) is 11.8 Å². The van der Waals surface area contributed by atoms with E-state index in [1.165, 1.54) is 13.0 Å². The van der Waals surface area contributed by atoms with Crippen LogP contribution < -0.4 is 0 Å². The second-order valence-electron chi connectivity index (χ2n) is 11.2. The predicted octanol–water partition coefficient (Wildman–Crippen LogP) is 6.73. The number of nitrogens with zero attached hydrogens (tertiary/aromatic N) is 1. The molecule has 0 aromatic heterocycles. The van der Waals surface area contributed by atoms with Gasteiger partial charge in [-0.3, -0.25) is 4.79 Å². The summed E-state index contributed by atoms with van der Waals surface area (Å²) in [5.74, 6) is -1.25. The van der Waals surface area contributed by atoms with Gasteiger partial charge in [0, 0.05) is 36.7 Å². The Labute approximate surface area is 238 Å². The maximum absolute atomic E-state index is 14.4. The van der Waals surface area contributed by atoms with E-state index in [-0.39, 0.29) is 49.1 Å². The van der Waals surface area contributed by atoms with Gasteiger partial charge in [-0.2, -0.15) is 26.3 Å². The Kier molecular flexibility index (Phi) is 8.19. The van der Waals surface area contributed by atoms with Crippen molar-refractivity contribution >= 4 is 5.78 Å². The third-order valence-electron chi connectivity index (χ3n) is 8.27. The summed E-state index contributed by atoms with van der Waals surface area (Å²) in [4.78, 5) is 14.0. The highest BCUT2D eigenvalue weighted by Gasteiger charge is 2.48. The average molecular weight is 602 g/mol. The van der Waals surface area contributed by atoms with Crippen LogP contribution in [0.3, 0.4) is 0 Å². The number of alkyl halides is 6. The summed E-state index contributed by atoms with van der Waals surface area (Å²) in [5, 5.41) is 0. The van der Waals surface area contributed by atoms with Crippen LogP contribution in [-0.2, 0) is 31.4 Å². The van der Waals surface area contributed by atoms with Gasteiger partial charge in [-0.05, 0) is 73.2 Å². The van der Waals surface area contributed by atoms with Crippen LogP contribution in [0.25, 0.3) is 0 Å². The number of hydrogen-bond acceptors (Lipinski definition) is 5. The average Bonchev–Trinajstić information content (AvgIpc) is 3.34. The van der Waals surface area contributed by atoms with Crippen molar-refractivity contribution in [3.05, 3.63) is 81.3 Å². The number of ketones is 1. The molecule has 2 aromatic rings. The number of ether oxygens (including phenoxy) is 3. The van der Waals surface area contributed by atoms with E-state index in [0.717, 1.165) is 5.70 Å². The summed E-state index contributed by atoms with van der Waals surface area (Å²) < 4.78 is 113. The number of halogens is 7. The van der Waals surface area contributed by atoms with Crippen LogP contribution >= 0.6 is 0 Å². The topological polar surface area (TPSA) is 48.0 Å². The minimum Gasteiger partial charge on any atom is -0.372 e. The molecule has 2 aromatic carbocycles. The van der Waals surface area contributed by atoms with Crippen molar-refractivity contribution in [2.75, 3.05) is 32.9 Å². The van der Waals surface area contributed by atoms with Gasteiger partial charge in [0.1, 0.15) is 12.4 Å². The lowest BCUT2D eigenvalue weighted by atomic mass is 9.76. The minimum absolute atomic E-state index is 0.00335. The largest absolute Gasteiger partial charge is 0.416 e. The molecule has 0 aliphatic carbocycles. The number of fused-ring (bicyclic) bond motifs is 1. The highest BCUT2D eigenvalue weighted by atomic mass is 19.4. The number of likely N-dealkylation sites (tertiary alicyclic amines) is 1. The van der Waals surface area contributed by atoms with Crippen LogP contribution in [0.2, 0.25) is 0 Å². The third kappa shape index (κ3) is 6.21. The van der Waals surface area contributed by atoms with E-state index in [1.807, 2.05) is 4.90 Å². The zero-order valence-corrected chi connectivity index (χ0v) is 23.1. The van der Waals surface area contributed by atoms with Crippen molar-refractivity contribution in [2.45, 2.75) is 51.4 Å². The summed E-state index contributed by atoms with van der Waals surface area (Å²) in [5.41, 5.74) is -0.740. The third-order valence-corrected chi connectivity index (χ3v) is 8.27. The fraction of sp³-hybridized carbons (Fsp3) is 0.500. The molecule has 0 bridgehead atoms. The Balaban J connectivity index is 1.50. The molecule has 3 aliphatic rings. The molecule has 0 amide bonds. The molecule has 42 heavy (non-hydrogen) atoms. The maximum Gasteiger partial charge on any atom is 0.416 e. The molecule has 0 radical (unpaired) electrons. The highest BCUT2D eigenvalue weighted by Crippen LogP contribution is 2.47. The monoisotopic (exact) mass is 601 g/mol. The number of rotatable bonds is 5. The Morgan fingerprint density at radius 2 is 1.60 bits per heavy atom. The molecule has 2 saturated heterocycles. The zero-order valence-electron chi connectivity index (χ0n) is 23.1. The summed E-state index contributed by atoms with van der Waals surface area (Å²) >= 11 is 0. The van der Waals surface area contributed by atoms with Gasteiger partial charge < -0.3 is 19.1 Å². The van der Waals surface area contributed by atoms with Crippen LogP contribution in [0.5, 0.6) is 0 Å². The van der Waals surface area contributed by atoms with E-state index in [2.05, 4.69) is 0 Å². The van der Waals surface area contributed by atoms with E-state index in [1.54, 1.807) is 26.0 Å². The van der Waals surface area contributed by atoms with Crippen LogP contribution in [-0.4, -0.2) is 49.9 Å². The predicted molar refractivity (Wildman–Crippen MR) is 137 cm³/mol. The molecule has 228 valence electrons. The lowest BCUT2D eigenvalue weighted by Crippen LogP contribution is -2.42. The van der Waals surface area contributed by atoms with Gasteiger partial charge in [0.15, 0.2) is 12.1 Å². The lowest BCUT2D eigenvalue weighted by molar-refractivity contribution is -0.217. The summed E-state index contributed by atoms with van der Waals surface area (Å²) in [6.45, 7) is 6.22. The Bertz CT molecular complexity index is 1350. The Morgan fingerprint density at radius 1 is 0.929 bits per heavy atom. The minimum atomic E-state index is -5.00. The molecule has 0 N–H and O–H groups in total. The first-order chi connectivity index (χ1) is 19.6. The normalized spacial score (nSPS) is 25.8. The molecule has 5 atom stereocenters. The smallest absolute Gasteiger partial charge is 0.372 e. The standard InChI is InChI=1S/C30H30F7NO4/c1-15-5-26(31)16(2)4-24(15)27-25-11-38(22-9-23(39)14-40-13-22)10-19(25)12-41-28(27)42-17(3)18-6-20(29(32,33)34)8-21(7-18)30(35,36)37/h4-9,17,19,25,27-28H,10-14H2,1-3H3/t17-,19+,25-,27+,28-/m1/s1. The molecule has 12 heteroatoms. The molecule has 2 fully saturated rings. The summed E-state index contributed by atoms with van der Waals surface area (Å²) in [6, 6.07) is 4.45. The van der Waals surface area contributed by atoms with E-state index in [4.69, 9.17) is 14.2 Å². The molecule has 0 unspecified atom stereocenters. The number of aryl methyl sites for hydroxylation is 2. The van der Waals surface area contributed by atoms with Gasteiger partial charge in [0.05, 0.1) is 30.4 Å². The van der Waals surface area contributed by atoms with E-state index in [9.17, 15) is 35.5 Å². The van der Waals surface area contributed by atoms with Gasteiger partial charge in [0.25, 0.3) is 0 Å². The zero-order chi connectivity index (χ0) is 30.6. The van der Waals surface area contributed by atoms with Crippen molar-refractivity contribution in [3.63, 3.8) is 0 Å². The fourth-order valence-corrected chi connectivity index (χ4v) is 6.10. The molecule has 0 saturated carbocycles. The Hall–Kier alpha value is -2.96. The maximum atomic E-state index is 14.4. The molecular weight excluding hydrogens is 571 g/mol. The molecule has 3 heterocycles. The van der Waals surface area contributed by atoms with Crippen LogP contribution in [0.15, 0.2) is 42.1 Å². The van der Waals surface area contributed by atoms with E-state index < -0.39 is 47.6 Å². The van der Waals surface area contributed by atoms with Gasteiger partial charge in [-0.25, -0.2) is 4.39 Å². The second kappa shape index (κ2) is 11.3. The molecular formula is C30H30F7NO4. The number of hydrogen-bond donors (Lipinski definition) is 0. The quantitative estimate of drug-likeness (QED) is 0.356. The van der Waals surface area contributed by atoms with Gasteiger partial charge in [-0.1, -0.05) is 6.07 Å². The number of carbonyl (C=O) groups is 1. The van der Waals surface area contributed by atoms with Gasteiger partial charge >= 0.3 is 12.4 Å². The first-order valence-electron chi connectivity index (χ1n) is 13.5. The second-order valence-corrected chi connectivity index (χ2v) is 11.2. The van der Waals surface area contributed by atoms with Crippen molar-refractivity contribution in [1.29, 1.82) is 0 Å². The van der Waals surface area contributed by atoms with Crippen molar-refractivity contribution in [1.82, 2.24) is 4.90 Å². The molecule has 5 nitrogen and oxygen atoms in total. The van der Waals surface area contributed by atoms with E-state index in [0.29, 0.717) is 41.9 Å². The fourth-order valence-electron chi connectivity index (χ4n) is 6.10. The van der Waals surface area contributed by atoms with Crippen LogP contribution in [0.4, 0.5) is 30.7 Å². The van der Waals surface area contributed by atoms with Crippen LogP contribution in [0.1, 0.15) is 52.3 Å². The summed E-state index contributed by atoms with van der Waals surface area (Å²) in [6.07, 6.45) is -10.7. The first-order valence-corrected chi connectivity index (χ1v) is 13.5.